The Morgan fingerprint density at radius 3 is 2.93 bits per heavy atom. The highest BCUT2D eigenvalue weighted by Crippen LogP contribution is 2.33. The van der Waals surface area contributed by atoms with Gasteiger partial charge in [0, 0.05) is 4.88 Å². The van der Waals surface area contributed by atoms with E-state index in [1.54, 1.807) is 11.3 Å². The van der Waals surface area contributed by atoms with Crippen LogP contribution in [0.25, 0.3) is 0 Å². The van der Waals surface area contributed by atoms with Gasteiger partial charge in [0.25, 0.3) is 0 Å². The molecule has 1 aliphatic rings. The van der Waals surface area contributed by atoms with E-state index < -0.39 is 0 Å². The van der Waals surface area contributed by atoms with Crippen LogP contribution in [0.15, 0.2) is 0 Å². The third-order valence-electron chi connectivity index (χ3n) is 3.04. The molecule has 2 nitrogen and oxygen atoms in total. The SMILES string of the molecule is CNCCc1c(C=O)sc2c1CCCC2. The van der Waals surface area contributed by atoms with Crippen LogP contribution in [0.3, 0.4) is 0 Å². The summed E-state index contributed by atoms with van der Waals surface area (Å²) in [5.41, 5.74) is 2.81. The first-order chi connectivity index (χ1) is 7.36. The smallest absolute Gasteiger partial charge is 0.160 e. The molecule has 0 spiro atoms. The molecule has 3 heteroatoms. The number of thiophene rings is 1. The molecule has 0 unspecified atom stereocenters. The normalized spacial score (nSPS) is 15.0. The van der Waals surface area contributed by atoms with E-state index in [1.807, 2.05) is 7.05 Å². The number of fused-ring (bicyclic) bond motifs is 1. The maximum Gasteiger partial charge on any atom is 0.160 e. The summed E-state index contributed by atoms with van der Waals surface area (Å²) in [6.07, 6.45) is 6.97. The van der Waals surface area contributed by atoms with Gasteiger partial charge in [-0.05, 0) is 56.8 Å². The molecule has 0 aliphatic heterocycles. The molecule has 0 amide bonds. The van der Waals surface area contributed by atoms with Crippen LogP contribution >= 0.6 is 11.3 Å². The molecule has 1 aliphatic carbocycles. The summed E-state index contributed by atoms with van der Waals surface area (Å²) >= 11 is 1.72. The maximum absolute atomic E-state index is 11.0. The Balaban J connectivity index is 2.31. The van der Waals surface area contributed by atoms with Crippen molar-refractivity contribution in [1.29, 1.82) is 0 Å². The van der Waals surface area contributed by atoms with Crippen LogP contribution in [-0.2, 0) is 19.3 Å². The molecule has 82 valence electrons. The number of hydrogen-bond donors (Lipinski definition) is 1. The molecule has 1 aromatic rings. The average Bonchev–Trinajstić information content (AvgIpc) is 2.64. The molecule has 0 fully saturated rings. The van der Waals surface area contributed by atoms with Gasteiger partial charge >= 0.3 is 0 Å². The molecule has 2 rings (SSSR count). The zero-order valence-electron chi connectivity index (χ0n) is 9.14. The Morgan fingerprint density at radius 1 is 1.40 bits per heavy atom. The molecule has 0 bridgehead atoms. The minimum Gasteiger partial charge on any atom is -0.319 e. The Labute approximate surface area is 94.7 Å². The second-order valence-corrected chi connectivity index (χ2v) is 5.16. The number of aldehydes is 1. The molecule has 1 N–H and O–H groups in total. The largest absolute Gasteiger partial charge is 0.319 e. The molecule has 0 saturated heterocycles. The van der Waals surface area contributed by atoms with Gasteiger partial charge in [0.05, 0.1) is 4.88 Å². The van der Waals surface area contributed by atoms with Gasteiger partial charge < -0.3 is 5.32 Å². The molecule has 15 heavy (non-hydrogen) atoms. The van der Waals surface area contributed by atoms with Crippen LogP contribution in [-0.4, -0.2) is 19.9 Å². The molecule has 0 aromatic carbocycles. The van der Waals surface area contributed by atoms with Gasteiger partial charge in [-0.25, -0.2) is 0 Å². The summed E-state index contributed by atoms with van der Waals surface area (Å²) in [7, 11) is 1.96. The summed E-state index contributed by atoms with van der Waals surface area (Å²) < 4.78 is 0. The second kappa shape index (κ2) is 4.90. The third kappa shape index (κ3) is 2.13. The highest BCUT2D eigenvalue weighted by atomic mass is 32.1. The van der Waals surface area contributed by atoms with Crippen LogP contribution in [0.5, 0.6) is 0 Å². The number of carbonyl (C=O) groups excluding carboxylic acids is 1. The van der Waals surface area contributed by atoms with Crippen molar-refractivity contribution in [3.8, 4) is 0 Å². The van der Waals surface area contributed by atoms with Gasteiger partial charge in [-0.1, -0.05) is 0 Å². The van der Waals surface area contributed by atoms with Crippen LogP contribution in [0, 0.1) is 0 Å². The highest BCUT2D eigenvalue weighted by molar-refractivity contribution is 7.14. The van der Waals surface area contributed by atoms with E-state index in [0.717, 1.165) is 24.1 Å². The lowest BCUT2D eigenvalue weighted by Crippen LogP contribution is -2.12. The minimum absolute atomic E-state index is 0.962. The first-order valence-electron chi connectivity index (χ1n) is 5.60. The van der Waals surface area contributed by atoms with Gasteiger partial charge in [-0.3, -0.25) is 4.79 Å². The number of aryl methyl sites for hydroxylation is 1. The summed E-state index contributed by atoms with van der Waals surface area (Å²) in [5, 5.41) is 3.15. The predicted octanol–water partition coefficient (Wildman–Crippen LogP) is 2.20. The molecular formula is C12H17NOS. The zero-order chi connectivity index (χ0) is 10.7. The van der Waals surface area contributed by atoms with Gasteiger partial charge in [0.1, 0.15) is 0 Å². The molecule has 0 radical (unpaired) electrons. The van der Waals surface area contributed by atoms with Gasteiger partial charge in [0.15, 0.2) is 6.29 Å². The highest BCUT2D eigenvalue weighted by Gasteiger charge is 2.19. The standard InChI is InChI=1S/C12H17NOS/c1-13-7-6-10-9-4-2-3-5-11(9)15-12(10)8-14/h8,13H,2-7H2,1H3. The first kappa shape index (κ1) is 10.8. The molecule has 0 atom stereocenters. The van der Waals surface area contributed by atoms with Gasteiger partial charge in [0.2, 0.25) is 0 Å². The van der Waals surface area contributed by atoms with Crippen molar-refractivity contribution in [2.45, 2.75) is 32.1 Å². The second-order valence-electron chi connectivity index (χ2n) is 4.03. The van der Waals surface area contributed by atoms with Crippen molar-refractivity contribution in [2.75, 3.05) is 13.6 Å². The quantitative estimate of drug-likeness (QED) is 0.793. The minimum atomic E-state index is 0.962. The molecular weight excluding hydrogens is 206 g/mol. The van der Waals surface area contributed by atoms with Crippen molar-refractivity contribution in [1.82, 2.24) is 5.32 Å². The first-order valence-corrected chi connectivity index (χ1v) is 6.41. The Hall–Kier alpha value is -0.670. The molecule has 1 aromatic heterocycles. The van der Waals surface area contributed by atoms with Crippen LogP contribution in [0.2, 0.25) is 0 Å². The van der Waals surface area contributed by atoms with E-state index in [4.69, 9.17) is 0 Å². The van der Waals surface area contributed by atoms with E-state index in [-0.39, 0.29) is 0 Å². The summed E-state index contributed by atoms with van der Waals surface area (Å²) in [4.78, 5) is 13.4. The topological polar surface area (TPSA) is 29.1 Å². The van der Waals surface area contributed by atoms with Crippen molar-refractivity contribution < 1.29 is 4.79 Å². The van der Waals surface area contributed by atoms with Crippen molar-refractivity contribution in [2.24, 2.45) is 0 Å². The van der Waals surface area contributed by atoms with E-state index in [2.05, 4.69) is 5.32 Å². The maximum atomic E-state index is 11.0. The Kier molecular flexibility index (Phi) is 3.54. The van der Waals surface area contributed by atoms with E-state index in [9.17, 15) is 4.79 Å². The average molecular weight is 223 g/mol. The molecule has 0 saturated carbocycles. The van der Waals surface area contributed by atoms with Gasteiger partial charge in [-0.15, -0.1) is 11.3 Å². The Morgan fingerprint density at radius 2 is 2.20 bits per heavy atom. The predicted molar refractivity (Wildman–Crippen MR) is 64.0 cm³/mol. The van der Waals surface area contributed by atoms with Crippen molar-refractivity contribution >= 4 is 17.6 Å². The number of likely N-dealkylation sites (N-methyl/N-ethyl adjacent to an activating group) is 1. The fraction of sp³-hybridized carbons (Fsp3) is 0.583. The van der Waals surface area contributed by atoms with E-state index in [0.29, 0.717) is 0 Å². The summed E-state index contributed by atoms with van der Waals surface area (Å²) in [5.74, 6) is 0. The fourth-order valence-corrected chi connectivity index (χ4v) is 3.53. The monoisotopic (exact) mass is 223 g/mol. The van der Waals surface area contributed by atoms with Crippen LogP contribution in [0.1, 0.15) is 38.5 Å². The Bertz CT molecular complexity index is 357. The number of hydrogen-bond acceptors (Lipinski definition) is 3. The lowest BCUT2D eigenvalue weighted by atomic mass is 9.93. The summed E-state index contributed by atoms with van der Waals surface area (Å²) in [6, 6.07) is 0. The lowest BCUT2D eigenvalue weighted by Gasteiger charge is -2.12. The summed E-state index contributed by atoms with van der Waals surface area (Å²) in [6.45, 7) is 0.962. The lowest BCUT2D eigenvalue weighted by molar-refractivity contribution is 0.112. The van der Waals surface area contributed by atoms with Crippen LogP contribution < -0.4 is 5.32 Å². The van der Waals surface area contributed by atoms with Crippen molar-refractivity contribution in [3.05, 3.63) is 20.9 Å². The van der Waals surface area contributed by atoms with Crippen molar-refractivity contribution in [3.63, 3.8) is 0 Å². The number of carbonyl (C=O) groups is 1. The third-order valence-corrected chi connectivity index (χ3v) is 4.30. The number of rotatable bonds is 4. The van der Waals surface area contributed by atoms with E-state index in [1.165, 1.54) is 41.7 Å². The zero-order valence-corrected chi connectivity index (χ0v) is 9.95. The molecule has 1 heterocycles. The van der Waals surface area contributed by atoms with Crippen LogP contribution in [0.4, 0.5) is 0 Å². The van der Waals surface area contributed by atoms with E-state index >= 15 is 0 Å². The fourth-order valence-electron chi connectivity index (χ4n) is 2.27. The number of nitrogens with one attached hydrogen (secondary N) is 1. The van der Waals surface area contributed by atoms with Gasteiger partial charge in [-0.2, -0.15) is 0 Å².